The second kappa shape index (κ2) is 12.9. The highest BCUT2D eigenvalue weighted by molar-refractivity contribution is 7.26. The van der Waals surface area contributed by atoms with Crippen molar-refractivity contribution in [2.75, 3.05) is 9.80 Å². The Hall–Kier alpha value is -7.20. The fraction of sp³-hybridized carbons (Fsp3) is 0.0182. The van der Waals surface area contributed by atoms with Crippen LogP contribution in [0.5, 0.6) is 0 Å². The lowest BCUT2D eigenvalue weighted by atomic mass is 9.70. The Bertz CT molecular complexity index is 3100. The van der Waals surface area contributed by atoms with Crippen LogP contribution in [0.4, 0.5) is 34.1 Å². The molecule has 9 aromatic carbocycles. The summed E-state index contributed by atoms with van der Waals surface area (Å²) in [6, 6.07) is 80.5. The molecule has 0 N–H and O–H groups in total. The maximum absolute atomic E-state index is 2.53. The minimum atomic E-state index is -0.492. The monoisotopic (exact) mass is 756 g/mol. The van der Waals surface area contributed by atoms with Gasteiger partial charge in [0.05, 0.1) is 27.2 Å². The van der Waals surface area contributed by atoms with E-state index in [0.717, 1.165) is 34.1 Å². The Morgan fingerprint density at radius 3 is 1.34 bits per heavy atom. The van der Waals surface area contributed by atoms with Gasteiger partial charge in [0.2, 0.25) is 0 Å². The average Bonchev–Trinajstić information content (AvgIpc) is 3.92. The lowest BCUT2D eigenvalue weighted by Crippen LogP contribution is -2.26. The minimum absolute atomic E-state index is 0.492. The van der Waals surface area contributed by atoms with Gasteiger partial charge in [0, 0.05) is 32.5 Å². The molecule has 2 aliphatic carbocycles. The molecule has 0 saturated carbocycles. The quantitative estimate of drug-likeness (QED) is 0.167. The van der Waals surface area contributed by atoms with Gasteiger partial charge in [0.15, 0.2) is 0 Å². The van der Waals surface area contributed by atoms with Gasteiger partial charge < -0.3 is 9.80 Å². The van der Waals surface area contributed by atoms with Gasteiger partial charge in [-0.2, -0.15) is 0 Å². The van der Waals surface area contributed by atoms with E-state index in [1.54, 1.807) is 0 Å². The summed E-state index contributed by atoms with van der Waals surface area (Å²) < 4.78 is 2.55. The zero-order valence-corrected chi connectivity index (χ0v) is 32.4. The van der Waals surface area contributed by atoms with Crippen LogP contribution in [-0.2, 0) is 5.41 Å². The van der Waals surface area contributed by atoms with E-state index in [1.807, 2.05) is 11.3 Å². The van der Waals surface area contributed by atoms with E-state index >= 15 is 0 Å². The van der Waals surface area contributed by atoms with E-state index in [4.69, 9.17) is 0 Å². The van der Waals surface area contributed by atoms with Crippen LogP contribution >= 0.6 is 11.3 Å². The first kappa shape index (κ1) is 33.0. The molecule has 1 aromatic heterocycles. The second-order valence-electron chi connectivity index (χ2n) is 15.2. The Labute approximate surface area is 342 Å². The Kier molecular flexibility index (Phi) is 7.35. The van der Waals surface area contributed by atoms with Gasteiger partial charge in [-0.1, -0.05) is 158 Å². The summed E-state index contributed by atoms with van der Waals surface area (Å²) in [6.45, 7) is 0. The van der Waals surface area contributed by atoms with Crippen LogP contribution in [0.1, 0.15) is 22.3 Å². The highest BCUT2D eigenvalue weighted by Gasteiger charge is 2.52. The number of hydrogen-bond donors (Lipinski definition) is 0. The summed E-state index contributed by atoms with van der Waals surface area (Å²) in [5.41, 5.74) is 16.6. The van der Waals surface area contributed by atoms with Crippen molar-refractivity contribution in [1.29, 1.82) is 0 Å². The predicted molar refractivity (Wildman–Crippen MR) is 245 cm³/mol. The standard InChI is InChI=1S/C55H36N2S/c1-4-19-37(20-5-1)56(38-21-6-2-7-22-38)52-36-49-45(42-27-12-16-32-48(42)55(49)46-30-14-10-25-40(46)41-26-11-15-31-47(41)55)35-51(52)57(39-23-8-3-9-24-39)50-33-18-29-44-43-28-13-17-34-53(43)58-54(44)50/h1-36H. The van der Waals surface area contributed by atoms with E-state index in [0.29, 0.717) is 0 Å². The van der Waals surface area contributed by atoms with Crippen molar-refractivity contribution in [3.63, 3.8) is 0 Å². The number of benzene rings is 9. The molecule has 0 bridgehead atoms. The normalized spacial score (nSPS) is 13.0. The number of fused-ring (bicyclic) bond motifs is 13. The molecule has 0 unspecified atom stereocenters. The molecule has 272 valence electrons. The molecule has 12 rings (SSSR count). The largest absolute Gasteiger partial charge is 0.308 e. The topological polar surface area (TPSA) is 6.48 Å². The molecular formula is C55H36N2S. The van der Waals surface area contributed by atoms with Crippen molar-refractivity contribution in [3.8, 4) is 22.3 Å². The molecule has 0 aliphatic heterocycles. The number of nitrogens with zero attached hydrogens (tertiary/aromatic N) is 2. The number of hydrogen-bond acceptors (Lipinski definition) is 3. The van der Waals surface area contributed by atoms with Crippen LogP contribution in [-0.4, -0.2) is 0 Å². The highest BCUT2D eigenvalue weighted by atomic mass is 32.1. The summed E-state index contributed by atoms with van der Waals surface area (Å²) in [7, 11) is 0. The molecule has 0 amide bonds. The van der Waals surface area contributed by atoms with Crippen molar-refractivity contribution in [3.05, 3.63) is 241 Å². The van der Waals surface area contributed by atoms with E-state index in [2.05, 4.69) is 228 Å². The fourth-order valence-electron chi connectivity index (χ4n) is 9.95. The SMILES string of the molecule is c1ccc(N(c2ccccc2)c2cc3c(cc2N(c2ccccc2)c2cccc4c2sc2ccccc24)-c2ccccc2C32c3ccccc3-c3ccccc32)cc1. The molecule has 2 aliphatic rings. The van der Waals surface area contributed by atoms with Crippen LogP contribution < -0.4 is 9.80 Å². The molecule has 3 heteroatoms. The summed E-state index contributed by atoms with van der Waals surface area (Å²) in [5.74, 6) is 0. The lowest BCUT2D eigenvalue weighted by Gasteiger charge is -2.36. The highest BCUT2D eigenvalue weighted by Crippen LogP contribution is 2.65. The molecule has 2 nitrogen and oxygen atoms in total. The molecule has 0 saturated heterocycles. The number of thiophene rings is 1. The molecule has 0 radical (unpaired) electrons. The summed E-state index contributed by atoms with van der Waals surface area (Å²) in [4.78, 5) is 4.97. The number of rotatable bonds is 6. The van der Waals surface area contributed by atoms with Gasteiger partial charge in [-0.15, -0.1) is 11.3 Å². The third-order valence-electron chi connectivity index (χ3n) is 12.2. The Morgan fingerprint density at radius 2 is 0.759 bits per heavy atom. The third kappa shape index (κ3) is 4.65. The van der Waals surface area contributed by atoms with Crippen LogP contribution in [0.2, 0.25) is 0 Å². The molecule has 10 aromatic rings. The van der Waals surface area contributed by atoms with Gasteiger partial charge in [0.1, 0.15) is 0 Å². The van der Waals surface area contributed by atoms with Crippen molar-refractivity contribution < 1.29 is 0 Å². The van der Waals surface area contributed by atoms with Gasteiger partial charge in [-0.25, -0.2) is 0 Å². The molecule has 1 spiro atoms. The van der Waals surface area contributed by atoms with Crippen LogP contribution in [0, 0.1) is 0 Å². The molecule has 1 heterocycles. The van der Waals surface area contributed by atoms with Crippen molar-refractivity contribution in [1.82, 2.24) is 0 Å². The Morgan fingerprint density at radius 1 is 0.310 bits per heavy atom. The summed E-state index contributed by atoms with van der Waals surface area (Å²) in [6.07, 6.45) is 0. The first-order valence-corrected chi connectivity index (χ1v) is 20.8. The molecule has 0 atom stereocenters. The zero-order valence-electron chi connectivity index (χ0n) is 31.6. The minimum Gasteiger partial charge on any atom is -0.308 e. The van der Waals surface area contributed by atoms with Gasteiger partial charge in [-0.05, 0) is 105 Å². The average molecular weight is 757 g/mol. The zero-order chi connectivity index (χ0) is 38.2. The smallest absolute Gasteiger partial charge is 0.0726 e. The van der Waals surface area contributed by atoms with Gasteiger partial charge in [-0.3, -0.25) is 0 Å². The molecule has 58 heavy (non-hydrogen) atoms. The first-order chi connectivity index (χ1) is 28.8. The first-order valence-electron chi connectivity index (χ1n) is 19.9. The predicted octanol–water partition coefficient (Wildman–Crippen LogP) is 15.3. The fourth-order valence-corrected chi connectivity index (χ4v) is 11.2. The third-order valence-corrected chi connectivity index (χ3v) is 13.5. The summed E-state index contributed by atoms with van der Waals surface area (Å²) >= 11 is 1.87. The van der Waals surface area contributed by atoms with E-state index in [1.165, 1.54) is 64.7 Å². The van der Waals surface area contributed by atoms with Crippen LogP contribution in [0.3, 0.4) is 0 Å². The number of anilines is 6. The Balaban J connectivity index is 1.25. The van der Waals surface area contributed by atoms with E-state index < -0.39 is 5.41 Å². The van der Waals surface area contributed by atoms with Crippen molar-refractivity contribution in [2.45, 2.75) is 5.41 Å². The number of para-hydroxylation sites is 3. The maximum atomic E-state index is 2.53. The van der Waals surface area contributed by atoms with Crippen molar-refractivity contribution >= 4 is 65.6 Å². The lowest BCUT2D eigenvalue weighted by molar-refractivity contribution is 0.793. The molecular weight excluding hydrogens is 721 g/mol. The van der Waals surface area contributed by atoms with E-state index in [9.17, 15) is 0 Å². The second-order valence-corrected chi connectivity index (χ2v) is 16.3. The van der Waals surface area contributed by atoms with Crippen molar-refractivity contribution in [2.24, 2.45) is 0 Å². The van der Waals surface area contributed by atoms with Gasteiger partial charge in [0.25, 0.3) is 0 Å². The maximum Gasteiger partial charge on any atom is 0.0726 e. The van der Waals surface area contributed by atoms with Crippen LogP contribution in [0.15, 0.2) is 218 Å². The van der Waals surface area contributed by atoms with Crippen LogP contribution in [0.25, 0.3) is 42.4 Å². The molecule has 0 fully saturated rings. The van der Waals surface area contributed by atoms with E-state index in [-0.39, 0.29) is 0 Å². The summed E-state index contributed by atoms with van der Waals surface area (Å²) in [5, 5.41) is 2.56. The van der Waals surface area contributed by atoms with Gasteiger partial charge >= 0.3 is 0 Å².